The number of nitrogens with zero attached hydrogens (tertiary/aromatic N) is 2. The summed E-state index contributed by atoms with van der Waals surface area (Å²) in [6.45, 7) is 4.77. The molecule has 0 atom stereocenters. The van der Waals surface area contributed by atoms with E-state index in [1.807, 2.05) is 13.8 Å². The van der Waals surface area contributed by atoms with E-state index in [1.165, 1.54) is 6.20 Å². The minimum Gasteiger partial charge on any atom is -0.489 e. The van der Waals surface area contributed by atoms with Crippen LogP contribution < -0.4 is 10.1 Å². The smallest absolute Gasteiger partial charge is 0.253 e. The molecule has 3 rings (SSSR count). The van der Waals surface area contributed by atoms with Gasteiger partial charge in [0.1, 0.15) is 5.75 Å². The zero-order valence-corrected chi connectivity index (χ0v) is 15.5. The standard InChI is InChI=1S/C17H25N3O4S/c1-12(2)24-15-9-13(10-18-11-15)17(21)19-14-5-7-20(8-6-14)25(22,23)16-3-4-16/h9-12,14,16H,3-8H2,1-2H3,(H,19,21). The second-order valence-electron chi connectivity index (χ2n) is 6.97. The summed E-state index contributed by atoms with van der Waals surface area (Å²) in [5.41, 5.74) is 0.450. The molecule has 0 bridgehead atoms. The number of nitrogens with one attached hydrogen (secondary N) is 1. The molecule has 1 aliphatic heterocycles. The largest absolute Gasteiger partial charge is 0.489 e. The van der Waals surface area contributed by atoms with Crippen molar-refractivity contribution in [3.8, 4) is 5.75 Å². The Morgan fingerprint density at radius 2 is 1.92 bits per heavy atom. The molecule has 2 fully saturated rings. The highest BCUT2D eigenvalue weighted by atomic mass is 32.2. The van der Waals surface area contributed by atoms with Crippen molar-refractivity contribution in [1.82, 2.24) is 14.6 Å². The van der Waals surface area contributed by atoms with Crippen molar-refractivity contribution in [3.05, 3.63) is 24.0 Å². The molecule has 8 heteroatoms. The summed E-state index contributed by atoms with van der Waals surface area (Å²) in [7, 11) is -3.12. The molecular weight excluding hydrogens is 342 g/mol. The zero-order valence-electron chi connectivity index (χ0n) is 14.6. The molecular formula is C17H25N3O4S. The number of piperidine rings is 1. The first-order chi connectivity index (χ1) is 11.9. The van der Waals surface area contributed by atoms with Crippen LogP contribution in [0.4, 0.5) is 0 Å². The van der Waals surface area contributed by atoms with Crippen LogP contribution in [0, 0.1) is 0 Å². The van der Waals surface area contributed by atoms with E-state index in [9.17, 15) is 13.2 Å². The van der Waals surface area contributed by atoms with Crippen molar-refractivity contribution >= 4 is 15.9 Å². The molecule has 25 heavy (non-hydrogen) atoms. The summed E-state index contributed by atoms with van der Waals surface area (Å²) in [5, 5.41) is 2.80. The van der Waals surface area contributed by atoms with Crippen LogP contribution in [-0.2, 0) is 10.0 Å². The Bertz CT molecular complexity index is 723. The van der Waals surface area contributed by atoms with Crippen LogP contribution in [-0.4, -0.2) is 54.1 Å². The first kappa shape index (κ1) is 18.1. The van der Waals surface area contributed by atoms with Gasteiger partial charge in [-0.05, 0) is 45.6 Å². The van der Waals surface area contributed by atoms with Gasteiger partial charge in [0, 0.05) is 25.3 Å². The normalized spacial score (nSPS) is 19.8. The number of hydrogen-bond acceptors (Lipinski definition) is 5. The molecule has 1 amide bonds. The summed E-state index contributed by atoms with van der Waals surface area (Å²) in [4.78, 5) is 16.5. The molecule has 7 nitrogen and oxygen atoms in total. The van der Waals surface area contributed by atoms with Crippen molar-refractivity contribution in [1.29, 1.82) is 0 Å². The van der Waals surface area contributed by atoms with Gasteiger partial charge in [0.15, 0.2) is 0 Å². The van der Waals surface area contributed by atoms with Crippen LogP contribution in [0.3, 0.4) is 0 Å². The van der Waals surface area contributed by atoms with E-state index in [0.29, 0.717) is 37.2 Å². The summed E-state index contributed by atoms with van der Waals surface area (Å²) < 4.78 is 31.6. The molecule has 0 spiro atoms. The van der Waals surface area contributed by atoms with E-state index in [0.717, 1.165) is 12.8 Å². The molecule has 1 N–H and O–H groups in total. The van der Waals surface area contributed by atoms with E-state index in [2.05, 4.69) is 10.3 Å². The fraction of sp³-hybridized carbons (Fsp3) is 0.647. The Balaban J connectivity index is 1.54. The van der Waals surface area contributed by atoms with Gasteiger partial charge < -0.3 is 10.1 Å². The van der Waals surface area contributed by atoms with Crippen molar-refractivity contribution < 1.29 is 17.9 Å². The molecule has 1 aromatic rings. The lowest BCUT2D eigenvalue weighted by Gasteiger charge is -2.31. The molecule has 1 saturated heterocycles. The molecule has 0 aromatic carbocycles. The number of amides is 1. The Kier molecular flexibility index (Phi) is 5.29. The third-order valence-electron chi connectivity index (χ3n) is 4.44. The van der Waals surface area contributed by atoms with Gasteiger partial charge >= 0.3 is 0 Å². The second-order valence-corrected chi connectivity index (χ2v) is 9.18. The Morgan fingerprint density at radius 3 is 2.52 bits per heavy atom. The topological polar surface area (TPSA) is 88.6 Å². The number of ether oxygens (including phenoxy) is 1. The Morgan fingerprint density at radius 1 is 1.24 bits per heavy atom. The van der Waals surface area contributed by atoms with Crippen molar-refractivity contribution in [2.24, 2.45) is 0 Å². The maximum absolute atomic E-state index is 12.4. The van der Waals surface area contributed by atoms with Crippen molar-refractivity contribution in [2.75, 3.05) is 13.1 Å². The number of sulfonamides is 1. The van der Waals surface area contributed by atoms with Crippen LogP contribution in [0.25, 0.3) is 0 Å². The van der Waals surface area contributed by atoms with Crippen LogP contribution in [0.1, 0.15) is 49.9 Å². The highest BCUT2D eigenvalue weighted by Crippen LogP contribution is 2.32. The molecule has 2 heterocycles. The number of aromatic nitrogens is 1. The second kappa shape index (κ2) is 7.29. The fourth-order valence-corrected chi connectivity index (χ4v) is 4.85. The third-order valence-corrected chi connectivity index (χ3v) is 6.84. The summed E-state index contributed by atoms with van der Waals surface area (Å²) in [6.07, 6.45) is 5.92. The highest BCUT2D eigenvalue weighted by molar-refractivity contribution is 7.90. The van der Waals surface area contributed by atoms with E-state index in [-0.39, 0.29) is 23.3 Å². The number of pyridine rings is 1. The van der Waals surface area contributed by atoms with Gasteiger partial charge in [-0.1, -0.05) is 0 Å². The lowest BCUT2D eigenvalue weighted by molar-refractivity contribution is 0.0922. The molecule has 0 radical (unpaired) electrons. The fourth-order valence-electron chi connectivity index (χ4n) is 2.98. The predicted molar refractivity (Wildman–Crippen MR) is 94.0 cm³/mol. The van der Waals surface area contributed by atoms with Crippen LogP contribution in [0.2, 0.25) is 0 Å². The van der Waals surface area contributed by atoms with E-state index < -0.39 is 10.0 Å². The van der Waals surface area contributed by atoms with Crippen LogP contribution in [0.15, 0.2) is 18.5 Å². The number of carbonyl (C=O) groups is 1. The first-order valence-electron chi connectivity index (χ1n) is 8.78. The molecule has 0 unspecified atom stereocenters. The first-order valence-corrected chi connectivity index (χ1v) is 10.3. The van der Waals surface area contributed by atoms with Gasteiger partial charge in [-0.3, -0.25) is 9.78 Å². The lowest BCUT2D eigenvalue weighted by Crippen LogP contribution is -2.47. The predicted octanol–water partition coefficient (Wildman–Crippen LogP) is 1.56. The summed E-state index contributed by atoms with van der Waals surface area (Å²) in [6, 6.07) is 1.66. The van der Waals surface area contributed by atoms with Gasteiger partial charge in [0.05, 0.1) is 23.1 Å². The molecule has 1 aliphatic carbocycles. The Labute approximate surface area is 148 Å². The summed E-state index contributed by atoms with van der Waals surface area (Å²) in [5.74, 6) is 0.359. The van der Waals surface area contributed by atoms with Gasteiger partial charge in [0.2, 0.25) is 10.0 Å². The minimum absolute atomic E-state index is 0.0119. The van der Waals surface area contributed by atoms with Crippen molar-refractivity contribution in [3.63, 3.8) is 0 Å². The SMILES string of the molecule is CC(C)Oc1cncc(C(=O)NC2CCN(S(=O)(=O)C3CC3)CC2)c1. The monoisotopic (exact) mass is 367 g/mol. The molecule has 138 valence electrons. The zero-order chi connectivity index (χ0) is 18.0. The average molecular weight is 367 g/mol. The number of hydrogen-bond donors (Lipinski definition) is 1. The molecule has 2 aliphatic rings. The quantitative estimate of drug-likeness (QED) is 0.824. The van der Waals surface area contributed by atoms with E-state index in [4.69, 9.17) is 4.74 Å². The molecule has 1 saturated carbocycles. The third kappa shape index (κ3) is 4.49. The van der Waals surface area contributed by atoms with Crippen molar-refractivity contribution in [2.45, 2.75) is 56.9 Å². The maximum Gasteiger partial charge on any atom is 0.253 e. The van der Waals surface area contributed by atoms with Crippen LogP contribution >= 0.6 is 0 Å². The number of rotatable bonds is 6. The molecule has 1 aromatic heterocycles. The van der Waals surface area contributed by atoms with Gasteiger partial charge in [-0.15, -0.1) is 0 Å². The lowest BCUT2D eigenvalue weighted by atomic mass is 10.1. The van der Waals surface area contributed by atoms with E-state index in [1.54, 1.807) is 16.6 Å². The highest BCUT2D eigenvalue weighted by Gasteiger charge is 2.41. The Hall–Kier alpha value is -1.67. The summed E-state index contributed by atoms with van der Waals surface area (Å²) >= 11 is 0. The van der Waals surface area contributed by atoms with E-state index >= 15 is 0 Å². The van der Waals surface area contributed by atoms with Crippen LogP contribution in [0.5, 0.6) is 5.75 Å². The van der Waals surface area contributed by atoms with Gasteiger partial charge in [-0.2, -0.15) is 0 Å². The average Bonchev–Trinajstić information content (AvgIpc) is 3.40. The van der Waals surface area contributed by atoms with Gasteiger partial charge in [-0.25, -0.2) is 12.7 Å². The number of carbonyl (C=O) groups excluding carboxylic acids is 1. The minimum atomic E-state index is -3.12. The van der Waals surface area contributed by atoms with Gasteiger partial charge in [0.25, 0.3) is 5.91 Å². The maximum atomic E-state index is 12.4.